The van der Waals surface area contributed by atoms with Crippen molar-refractivity contribution < 1.29 is 4.79 Å². The number of rotatable bonds is 1. The van der Waals surface area contributed by atoms with E-state index >= 15 is 0 Å². The molecule has 0 bridgehead atoms. The SMILES string of the molecule is O=C1c2[nH]c3c(ccc4ccccc43)c(=O)c2CN1C1CCCCC1. The lowest BCUT2D eigenvalue weighted by atomic mass is 9.94. The molecule has 5 rings (SSSR count). The Morgan fingerprint density at radius 3 is 2.56 bits per heavy atom. The summed E-state index contributed by atoms with van der Waals surface area (Å²) in [5, 5.41) is 2.74. The van der Waals surface area contributed by atoms with E-state index in [-0.39, 0.29) is 17.4 Å². The lowest BCUT2D eigenvalue weighted by molar-refractivity contribution is 0.0656. The minimum atomic E-state index is -0.00571. The van der Waals surface area contributed by atoms with E-state index in [2.05, 4.69) is 4.98 Å². The molecule has 4 heteroatoms. The summed E-state index contributed by atoms with van der Waals surface area (Å²) in [6.07, 6.45) is 5.70. The normalized spacial score (nSPS) is 18.2. The molecular formula is C21H20N2O2. The fourth-order valence-corrected chi connectivity index (χ4v) is 4.48. The molecule has 4 nitrogen and oxygen atoms in total. The lowest BCUT2D eigenvalue weighted by Crippen LogP contribution is -2.37. The van der Waals surface area contributed by atoms with E-state index < -0.39 is 0 Å². The van der Waals surface area contributed by atoms with Crippen molar-refractivity contribution in [3.63, 3.8) is 0 Å². The summed E-state index contributed by atoms with van der Waals surface area (Å²) < 4.78 is 0. The number of hydrogen-bond donors (Lipinski definition) is 1. The van der Waals surface area contributed by atoms with Crippen molar-refractivity contribution in [2.24, 2.45) is 0 Å². The number of carbonyl (C=O) groups excluding carboxylic acids is 1. The first-order chi connectivity index (χ1) is 12.2. The summed E-state index contributed by atoms with van der Waals surface area (Å²) in [6, 6.07) is 12.1. The van der Waals surface area contributed by atoms with Crippen molar-refractivity contribution in [2.45, 2.75) is 44.7 Å². The van der Waals surface area contributed by atoms with Gasteiger partial charge in [0.2, 0.25) is 0 Å². The number of aromatic nitrogens is 1. The zero-order valence-corrected chi connectivity index (χ0v) is 14.0. The minimum Gasteiger partial charge on any atom is -0.350 e. The van der Waals surface area contributed by atoms with Gasteiger partial charge in [-0.05, 0) is 24.3 Å². The predicted octanol–water partition coefficient (Wildman–Crippen LogP) is 3.97. The standard InChI is InChI=1S/C21H20N2O2/c24-20-16-11-10-13-6-4-5-9-15(13)18(16)22-19-17(20)12-23(21(19)25)14-7-2-1-3-8-14/h4-6,9-11,14H,1-3,7-8,12H2,(H,22,24). The molecule has 1 saturated carbocycles. The molecular weight excluding hydrogens is 312 g/mol. The van der Waals surface area contributed by atoms with Gasteiger partial charge in [-0.15, -0.1) is 0 Å². The van der Waals surface area contributed by atoms with Crippen molar-refractivity contribution in [1.82, 2.24) is 9.88 Å². The number of pyridine rings is 1. The molecule has 1 aliphatic heterocycles. The van der Waals surface area contributed by atoms with Gasteiger partial charge in [-0.1, -0.05) is 49.6 Å². The molecule has 1 aromatic heterocycles. The third-order valence-electron chi connectivity index (χ3n) is 5.82. The number of amides is 1. The van der Waals surface area contributed by atoms with Crippen LogP contribution >= 0.6 is 0 Å². The number of nitrogens with zero attached hydrogens (tertiary/aromatic N) is 1. The molecule has 1 aliphatic carbocycles. The minimum absolute atomic E-state index is 0.00108. The summed E-state index contributed by atoms with van der Waals surface area (Å²) in [5.74, 6) is -0.00571. The number of benzene rings is 2. The number of nitrogens with one attached hydrogen (secondary N) is 1. The number of hydrogen-bond acceptors (Lipinski definition) is 2. The average Bonchev–Trinajstić information content (AvgIpc) is 3.00. The molecule has 0 spiro atoms. The molecule has 25 heavy (non-hydrogen) atoms. The summed E-state index contributed by atoms with van der Waals surface area (Å²) >= 11 is 0. The molecule has 0 atom stereocenters. The van der Waals surface area contributed by atoms with Gasteiger partial charge >= 0.3 is 0 Å². The zero-order valence-electron chi connectivity index (χ0n) is 14.0. The molecule has 3 aromatic rings. The Morgan fingerprint density at radius 2 is 1.72 bits per heavy atom. The molecule has 0 saturated heterocycles. The van der Waals surface area contributed by atoms with Gasteiger partial charge in [-0.2, -0.15) is 0 Å². The maximum Gasteiger partial charge on any atom is 0.271 e. The fraction of sp³-hybridized carbons (Fsp3) is 0.333. The van der Waals surface area contributed by atoms with Crippen molar-refractivity contribution in [3.8, 4) is 0 Å². The van der Waals surface area contributed by atoms with Crippen LogP contribution in [0.2, 0.25) is 0 Å². The van der Waals surface area contributed by atoms with Crippen molar-refractivity contribution in [2.75, 3.05) is 0 Å². The second kappa shape index (κ2) is 5.45. The maximum atomic E-state index is 13.0. The van der Waals surface area contributed by atoms with E-state index in [0.29, 0.717) is 23.2 Å². The highest BCUT2D eigenvalue weighted by Gasteiger charge is 2.36. The van der Waals surface area contributed by atoms with E-state index in [0.717, 1.165) is 29.1 Å². The molecule has 126 valence electrons. The van der Waals surface area contributed by atoms with E-state index in [9.17, 15) is 9.59 Å². The van der Waals surface area contributed by atoms with Crippen LogP contribution < -0.4 is 5.43 Å². The van der Waals surface area contributed by atoms with Crippen LogP contribution in [0.3, 0.4) is 0 Å². The second-order valence-corrected chi connectivity index (χ2v) is 7.24. The van der Waals surface area contributed by atoms with Gasteiger partial charge in [0.25, 0.3) is 5.91 Å². The monoisotopic (exact) mass is 332 g/mol. The molecule has 0 unspecified atom stereocenters. The largest absolute Gasteiger partial charge is 0.350 e. The van der Waals surface area contributed by atoms with E-state index in [4.69, 9.17) is 0 Å². The van der Waals surface area contributed by atoms with Crippen LogP contribution in [0.4, 0.5) is 0 Å². The Labute approximate surface area is 145 Å². The average molecular weight is 332 g/mol. The Balaban J connectivity index is 1.70. The molecule has 2 aliphatic rings. The number of fused-ring (bicyclic) bond motifs is 4. The number of H-pyrrole nitrogens is 1. The van der Waals surface area contributed by atoms with Crippen molar-refractivity contribution >= 4 is 27.6 Å². The van der Waals surface area contributed by atoms with Gasteiger partial charge in [-0.25, -0.2) is 0 Å². The Hall–Kier alpha value is -2.62. The molecule has 2 heterocycles. The summed E-state index contributed by atoms with van der Waals surface area (Å²) in [4.78, 5) is 31.3. The number of carbonyl (C=O) groups is 1. The fourth-order valence-electron chi connectivity index (χ4n) is 4.48. The van der Waals surface area contributed by atoms with Crippen LogP contribution in [0.5, 0.6) is 0 Å². The van der Waals surface area contributed by atoms with Crippen molar-refractivity contribution in [1.29, 1.82) is 0 Å². The van der Waals surface area contributed by atoms with Crippen LogP contribution in [0.1, 0.15) is 48.2 Å². The maximum absolute atomic E-state index is 13.0. The lowest BCUT2D eigenvalue weighted by Gasteiger charge is -2.30. The predicted molar refractivity (Wildman–Crippen MR) is 98.8 cm³/mol. The Morgan fingerprint density at radius 1 is 0.920 bits per heavy atom. The highest BCUT2D eigenvalue weighted by molar-refractivity contribution is 6.08. The molecule has 2 aromatic carbocycles. The smallest absolute Gasteiger partial charge is 0.271 e. The van der Waals surface area contributed by atoms with Gasteiger partial charge in [0, 0.05) is 22.4 Å². The van der Waals surface area contributed by atoms with Gasteiger partial charge in [-0.3, -0.25) is 9.59 Å². The second-order valence-electron chi connectivity index (χ2n) is 7.24. The van der Waals surface area contributed by atoms with Crippen LogP contribution in [0, 0.1) is 0 Å². The number of aromatic amines is 1. The highest BCUT2D eigenvalue weighted by atomic mass is 16.2. The van der Waals surface area contributed by atoms with Crippen LogP contribution in [0.25, 0.3) is 21.7 Å². The highest BCUT2D eigenvalue weighted by Crippen LogP contribution is 2.31. The summed E-state index contributed by atoms with van der Waals surface area (Å²) in [7, 11) is 0. The third-order valence-corrected chi connectivity index (χ3v) is 5.82. The molecule has 1 fully saturated rings. The summed E-state index contributed by atoms with van der Waals surface area (Å²) in [5.41, 5.74) is 1.92. The topological polar surface area (TPSA) is 53.2 Å². The van der Waals surface area contributed by atoms with E-state index in [1.165, 1.54) is 19.3 Å². The third kappa shape index (κ3) is 2.13. The van der Waals surface area contributed by atoms with Gasteiger partial charge in [0.15, 0.2) is 5.43 Å². The first-order valence-corrected chi connectivity index (χ1v) is 9.11. The van der Waals surface area contributed by atoms with E-state index in [1.54, 1.807) is 0 Å². The summed E-state index contributed by atoms with van der Waals surface area (Å²) in [6.45, 7) is 0.455. The molecule has 1 N–H and O–H groups in total. The zero-order chi connectivity index (χ0) is 17.0. The van der Waals surface area contributed by atoms with Crippen LogP contribution in [-0.2, 0) is 6.54 Å². The quantitative estimate of drug-likeness (QED) is 0.686. The van der Waals surface area contributed by atoms with Gasteiger partial charge in [0.05, 0.1) is 12.1 Å². The van der Waals surface area contributed by atoms with E-state index in [1.807, 2.05) is 41.3 Å². The van der Waals surface area contributed by atoms with Crippen LogP contribution in [0.15, 0.2) is 41.2 Å². The van der Waals surface area contributed by atoms with Crippen molar-refractivity contribution in [3.05, 3.63) is 57.9 Å². The first kappa shape index (κ1) is 14.7. The van der Waals surface area contributed by atoms with Gasteiger partial charge < -0.3 is 9.88 Å². The van der Waals surface area contributed by atoms with Gasteiger partial charge in [0.1, 0.15) is 5.69 Å². The van der Waals surface area contributed by atoms with Crippen LogP contribution in [-0.4, -0.2) is 21.8 Å². The first-order valence-electron chi connectivity index (χ1n) is 9.11. The Kier molecular flexibility index (Phi) is 3.20. The molecule has 0 radical (unpaired) electrons. The Bertz CT molecular complexity index is 1060. The molecule has 1 amide bonds.